The highest BCUT2D eigenvalue weighted by Crippen LogP contribution is 2.48. The van der Waals surface area contributed by atoms with Gasteiger partial charge in [0, 0.05) is 40.5 Å². The van der Waals surface area contributed by atoms with Gasteiger partial charge >= 0.3 is 0 Å². The molecule has 6 heteroatoms. The molecule has 4 nitrogen and oxygen atoms in total. The zero-order chi connectivity index (χ0) is 25.7. The third-order valence-electron chi connectivity index (χ3n) is 7.31. The van der Waals surface area contributed by atoms with Gasteiger partial charge in [0.1, 0.15) is 24.8 Å². The summed E-state index contributed by atoms with van der Waals surface area (Å²) in [4.78, 5) is 2.11. The molecule has 2 heterocycles. The van der Waals surface area contributed by atoms with Crippen molar-refractivity contribution in [3.8, 4) is 12.1 Å². The Labute approximate surface area is 225 Å². The summed E-state index contributed by atoms with van der Waals surface area (Å²) in [6.07, 6.45) is 5.43. The van der Waals surface area contributed by atoms with Gasteiger partial charge in [-0.3, -0.25) is 0 Å². The molecular formula is C30H30Cl2N4. The lowest BCUT2D eigenvalue weighted by atomic mass is 9.79. The summed E-state index contributed by atoms with van der Waals surface area (Å²) in [7, 11) is 3.98. The molecule has 2 aliphatic rings. The van der Waals surface area contributed by atoms with E-state index < -0.39 is 0 Å². The first-order valence-electron chi connectivity index (χ1n) is 11.6. The Morgan fingerprint density at radius 3 is 2.33 bits per heavy atom. The van der Waals surface area contributed by atoms with Gasteiger partial charge in [0.05, 0.1) is 11.0 Å². The highest BCUT2D eigenvalue weighted by Gasteiger charge is 2.46. The molecule has 0 amide bonds. The molecule has 2 aliphatic heterocycles. The molecule has 36 heavy (non-hydrogen) atoms. The van der Waals surface area contributed by atoms with E-state index >= 15 is 0 Å². The number of nitriles is 2. The smallest absolute Gasteiger partial charge is 0.209 e. The molecule has 0 unspecified atom stereocenters. The van der Waals surface area contributed by atoms with E-state index in [9.17, 15) is 10.5 Å². The Morgan fingerprint density at radius 2 is 1.69 bits per heavy atom. The van der Waals surface area contributed by atoms with Crippen molar-refractivity contribution in [2.45, 2.75) is 45.4 Å². The molecular weight excluding hydrogens is 487 g/mol. The summed E-state index contributed by atoms with van der Waals surface area (Å²) in [5.74, 6) is 0. The van der Waals surface area contributed by atoms with E-state index in [1.165, 1.54) is 11.1 Å². The van der Waals surface area contributed by atoms with Gasteiger partial charge in [-0.05, 0) is 56.7 Å². The monoisotopic (exact) mass is 516 g/mol. The molecule has 4 rings (SSSR count). The number of nitrogens with zero attached hydrogens (tertiary/aromatic N) is 4. The lowest BCUT2D eigenvalue weighted by Gasteiger charge is -2.25. The number of rotatable bonds is 3. The van der Waals surface area contributed by atoms with Crippen molar-refractivity contribution in [3.63, 3.8) is 0 Å². The fraction of sp³-hybridized carbons (Fsp3) is 0.300. The third kappa shape index (κ3) is 4.16. The van der Waals surface area contributed by atoms with Crippen LogP contribution in [0.25, 0.3) is 0 Å². The van der Waals surface area contributed by atoms with Crippen LogP contribution in [0.3, 0.4) is 0 Å². The number of likely N-dealkylation sites (N-methyl/N-ethyl adjacent to an activating group) is 1. The molecule has 184 valence electrons. The Balaban J connectivity index is 0.00000361. The highest BCUT2D eigenvalue weighted by molar-refractivity contribution is 6.30. The first-order valence-corrected chi connectivity index (χ1v) is 12.0. The Bertz CT molecular complexity index is 1460. The largest absolute Gasteiger partial charge is 1.00 e. The van der Waals surface area contributed by atoms with Gasteiger partial charge in [0.2, 0.25) is 11.4 Å². The van der Waals surface area contributed by atoms with Crippen molar-refractivity contribution in [2.75, 3.05) is 19.0 Å². The van der Waals surface area contributed by atoms with Crippen LogP contribution in [0.1, 0.15) is 44.4 Å². The maximum Gasteiger partial charge on any atom is 0.209 e. The van der Waals surface area contributed by atoms with Gasteiger partial charge in [0.15, 0.2) is 0 Å². The minimum atomic E-state index is -0.381. The number of fused-ring (bicyclic) bond motifs is 2. The molecule has 0 bridgehead atoms. The molecule has 0 N–H and O–H groups in total. The molecule has 0 atom stereocenters. The molecule has 0 radical (unpaired) electrons. The Kier molecular flexibility index (Phi) is 7.29. The summed E-state index contributed by atoms with van der Waals surface area (Å²) in [5.41, 5.74) is 7.98. The number of hydrogen-bond acceptors (Lipinski definition) is 3. The summed E-state index contributed by atoms with van der Waals surface area (Å²) in [6.45, 7) is 10.6. The molecule has 2 aromatic rings. The second-order valence-corrected chi connectivity index (χ2v) is 10.8. The quantitative estimate of drug-likeness (QED) is 0.353. The predicted molar refractivity (Wildman–Crippen MR) is 143 cm³/mol. The van der Waals surface area contributed by atoms with E-state index in [4.69, 9.17) is 11.6 Å². The normalized spacial score (nSPS) is 18.9. The third-order valence-corrected chi connectivity index (χ3v) is 7.55. The maximum atomic E-state index is 10.1. The van der Waals surface area contributed by atoms with E-state index in [0.29, 0.717) is 16.2 Å². The van der Waals surface area contributed by atoms with Gasteiger partial charge in [-0.2, -0.15) is 15.1 Å². The molecule has 0 aliphatic carbocycles. The first-order chi connectivity index (χ1) is 16.4. The van der Waals surface area contributed by atoms with E-state index in [0.717, 1.165) is 28.3 Å². The molecule has 0 saturated heterocycles. The Morgan fingerprint density at radius 1 is 1.00 bits per heavy atom. The van der Waals surface area contributed by atoms with E-state index in [1.54, 1.807) is 6.08 Å². The van der Waals surface area contributed by atoms with Crippen LogP contribution >= 0.6 is 11.6 Å². The SMILES string of the molecule is Cc1ccc2c(c1)C(C)(C)/C(=C(C#N)/C=C/C=C(\C#N)C1=[N+](C)c3ccc(Cl)cc3C1(C)C)N2C.[Cl-]. The number of halogens is 2. The zero-order valence-electron chi connectivity index (χ0n) is 21.7. The second kappa shape index (κ2) is 9.62. The van der Waals surface area contributed by atoms with Crippen LogP contribution in [0.5, 0.6) is 0 Å². The van der Waals surface area contributed by atoms with Crippen molar-refractivity contribution in [1.82, 2.24) is 0 Å². The average Bonchev–Trinajstić information content (AvgIpc) is 3.12. The first kappa shape index (κ1) is 27.3. The van der Waals surface area contributed by atoms with Gasteiger partial charge in [-0.1, -0.05) is 49.2 Å². The van der Waals surface area contributed by atoms with Gasteiger partial charge in [0.25, 0.3) is 0 Å². The van der Waals surface area contributed by atoms with Crippen LogP contribution in [-0.4, -0.2) is 24.4 Å². The minimum Gasteiger partial charge on any atom is -1.00 e. The van der Waals surface area contributed by atoms with Crippen LogP contribution in [-0.2, 0) is 10.8 Å². The van der Waals surface area contributed by atoms with Crippen LogP contribution in [0.2, 0.25) is 5.02 Å². The fourth-order valence-corrected chi connectivity index (χ4v) is 5.86. The lowest BCUT2D eigenvalue weighted by molar-refractivity contribution is -0.401. The van der Waals surface area contributed by atoms with Gasteiger partial charge < -0.3 is 17.3 Å². The van der Waals surface area contributed by atoms with Crippen LogP contribution < -0.4 is 17.3 Å². The Hall–Kier alpha value is -3.31. The van der Waals surface area contributed by atoms with Crippen molar-refractivity contribution < 1.29 is 17.0 Å². The minimum absolute atomic E-state index is 0. The topological polar surface area (TPSA) is 53.8 Å². The van der Waals surface area contributed by atoms with Crippen molar-refractivity contribution in [3.05, 3.63) is 93.2 Å². The summed E-state index contributed by atoms with van der Waals surface area (Å²) in [6, 6.07) is 17.0. The van der Waals surface area contributed by atoms with E-state index in [-0.39, 0.29) is 23.2 Å². The molecule has 0 saturated carbocycles. The van der Waals surface area contributed by atoms with Crippen LogP contribution in [0.15, 0.2) is 71.5 Å². The van der Waals surface area contributed by atoms with E-state index in [1.807, 2.05) is 44.4 Å². The number of allylic oxidation sites excluding steroid dienone is 6. The number of anilines is 1. The molecule has 2 aromatic carbocycles. The van der Waals surface area contributed by atoms with E-state index in [2.05, 4.69) is 74.4 Å². The molecule has 0 spiro atoms. The summed E-state index contributed by atoms with van der Waals surface area (Å²) >= 11 is 6.27. The summed E-state index contributed by atoms with van der Waals surface area (Å²) < 4.78 is 2.06. The van der Waals surface area contributed by atoms with Crippen LogP contribution in [0, 0.1) is 29.6 Å². The number of hydrogen-bond donors (Lipinski definition) is 0. The molecule has 0 aromatic heterocycles. The highest BCUT2D eigenvalue weighted by atomic mass is 35.5. The van der Waals surface area contributed by atoms with Crippen molar-refractivity contribution >= 4 is 28.7 Å². The standard InChI is InChI=1S/C30H30ClN4.ClH/c1-19-11-13-25-23(15-19)29(2,3)27(34(25)6)20(17-32)9-8-10-21(18-33)28-30(4,5)24-16-22(31)12-14-26(24)35(28)7;/h8-16H,1-7H3;1H/q+1;/p-1. The summed E-state index contributed by atoms with van der Waals surface area (Å²) in [5, 5.41) is 20.8. The average molecular weight is 518 g/mol. The maximum absolute atomic E-state index is 10.1. The number of aryl methyl sites for hydroxylation is 1. The van der Waals surface area contributed by atoms with Crippen molar-refractivity contribution in [1.29, 1.82) is 10.5 Å². The lowest BCUT2D eigenvalue weighted by Crippen LogP contribution is -3.00. The predicted octanol–water partition coefficient (Wildman–Crippen LogP) is 3.87. The van der Waals surface area contributed by atoms with Gasteiger partial charge in [-0.25, -0.2) is 0 Å². The zero-order valence-corrected chi connectivity index (χ0v) is 23.3. The fourth-order valence-electron chi connectivity index (χ4n) is 5.69. The van der Waals surface area contributed by atoms with Crippen molar-refractivity contribution in [2.24, 2.45) is 0 Å². The molecule has 0 fully saturated rings. The second-order valence-electron chi connectivity index (χ2n) is 10.3. The van der Waals surface area contributed by atoms with Gasteiger partial charge in [-0.15, -0.1) is 0 Å². The number of benzene rings is 2. The van der Waals surface area contributed by atoms with Crippen LogP contribution in [0.4, 0.5) is 11.4 Å².